The molecule has 17 heavy (non-hydrogen) atoms. The summed E-state index contributed by atoms with van der Waals surface area (Å²) < 4.78 is 0. The minimum absolute atomic E-state index is 0.232. The summed E-state index contributed by atoms with van der Waals surface area (Å²) in [7, 11) is 0. The van der Waals surface area contributed by atoms with Gasteiger partial charge in [-0.3, -0.25) is 4.79 Å². The van der Waals surface area contributed by atoms with E-state index >= 15 is 0 Å². The van der Waals surface area contributed by atoms with Gasteiger partial charge in [0.05, 0.1) is 11.2 Å². The van der Waals surface area contributed by atoms with Gasteiger partial charge >= 0.3 is 0 Å². The van der Waals surface area contributed by atoms with Crippen molar-refractivity contribution in [2.45, 2.75) is 19.8 Å². The molecular weight excluding hydrogens is 232 g/mol. The van der Waals surface area contributed by atoms with E-state index in [9.17, 15) is 4.79 Å². The molecule has 0 saturated carbocycles. The molecule has 1 amide bonds. The largest absolute Gasteiger partial charge is 0.366 e. The molecule has 1 heterocycles. The summed E-state index contributed by atoms with van der Waals surface area (Å²) in [6.07, 6.45) is 0. The van der Waals surface area contributed by atoms with Crippen LogP contribution in [0.15, 0.2) is 29.1 Å². The Hall–Kier alpha value is -1.68. The molecule has 0 bridgehead atoms. The van der Waals surface area contributed by atoms with Crippen molar-refractivity contribution in [2.24, 2.45) is 5.73 Å². The molecule has 88 valence electrons. The van der Waals surface area contributed by atoms with Gasteiger partial charge in [-0.2, -0.15) is 0 Å². The number of aromatic nitrogens is 1. The normalized spacial score (nSPS) is 10.8. The first kappa shape index (κ1) is 11.8. The van der Waals surface area contributed by atoms with E-state index in [1.807, 2.05) is 17.5 Å². The Kier molecular flexibility index (Phi) is 3.24. The van der Waals surface area contributed by atoms with Crippen molar-refractivity contribution < 1.29 is 4.79 Å². The van der Waals surface area contributed by atoms with Crippen LogP contribution in [0.2, 0.25) is 0 Å². The number of nitrogens with two attached hydrogens (primary N) is 1. The van der Waals surface area contributed by atoms with E-state index in [1.165, 1.54) is 0 Å². The molecule has 0 fully saturated rings. The van der Waals surface area contributed by atoms with Crippen LogP contribution < -0.4 is 5.73 Å². The zero-order valence-electron chi connectivity index (χ0n) is 9.81. The van der Waals surface area contributed by atoms with Gasteiger partial charge in [0.2, 0.25) is 5.91 Å². The van der Waals surface area contributed by atoms with Crippen LogP contribution in [0.3, 0.4) is 0 Å². The van der Waals surface area contributed by atoms with E-state index in [4.69, 9.17) is 5.73 Å². The lowest BCUT2D eigenvalue weighted by atomic mass is 9.90. The van der Waals surface area contributed by atoms with Crippen LogP contribution in [0.1, 0.15) is 35.7 Å². The molecule has 2 N–H and O–H groups in total. The zero-order chi connectivity index (χ0) is 12.4. The molecule has 0 unspecified atom stereocenters. The minimum Gasteiger partial charge on any atom is -0.366 e. The van der Waals surface area contributed by atoms with Crippen LogP contribution in [-0.4, -0.2) is 10.9 Å². The average molecular weight is 246 g/mol. The van der Waals surface area contributed by atoms with Gasteiger partial charge in [0.15, 0.2) is 0 Å². The molecule has 0 spiro atoms. The Morgan fingerprint density at radius 3 is 2.71 bits per heavy atom. The highest BCUT2D eigenvalue weighted by molar-refractivity contribution is 7.07. The van der Waals surface area contributed by atoms with Gasteiger partial charge < -0.3 is 5.73 Å². The lowest BCUT2D eigenvalue weighted by Crippen LogP contribution is -2.15. The van der Waals surface area contributed by atoms with Crippen LogP contribution in [0, 0.1) is 0 Å². The number of primary amides is 1. The summed E-state index contributed by atoms with van der Waals surface area (Å²) >= 11 is 1.54. The maximum absolute atomic E-state index is 11.5. The number of rotatable bonds is 3. The smallest absolute Gasteiger partial charge is 0.249 e. The van der Waals surface area contributed by atoms with Crippen LogP contribution in [0.4, 0.5) is 0 Å². The molecule has 2 aromatic rings. The maximum Gasteiger partial charge on any atom is 0.249 e. The monoisotopic (exact) mass is 246 g/mol. The fourth-order valence-corrected chi connectivity index (χ4v) is 2.52. The van der Waals surface area contributed by atoms with Gasteiger partial charge in [-0.1, -0.05) is 26.0 Å². The van der Waals surface area contributed by atoms with Gasteiger partial charge in [0, 0.05) is 16.5 Å². The van der Waals surface area contributed by atoms with Crippen LogP contribution in [0.25, 0.3) is 11.3 Å². The van der Waals surface area contributed by atoms with Crippen LogP contribution >= 0.6 is 11.3 Å². The Labute approximate surface area is 104 Å². The number of amides is 1. The van der Waals surface area contributed by atoms with Gasteiger partial charge in [-0.25, -0.2) is 4.98 Å². The van der Waals surface area contributed by atoms with Crippen molar-refractivity contribution in [1.82, 2.24) is 4.98 Å². The molecule has 0 aliphatic rings. The van der Waals surface area contributed by atoms with E-state index < -0.39 is 0 Å². The number of hydrogen-bond donors (Lipinski definition) is 1. The Morgan fingerprint density at radius 2 is 2.18 bits per heavy atom. The lowest BCUT2D eigenvalue weighted by Gasteiger charge is -2.14. The first-order valence-corrected chi connectivity index (χ1v) is 6.36. The summed E-state index contributed by atoms with van der Waals surface area (Å²) in [6, 6.07) is 5.60. The summed E-state index contributed by atoms with van der Waals surface area (Å²) in [5, 5.41) is 1.98. The minimum atomic E-state index is -0.384. The molecule has 0 saturated heterocycles. The Morgan fingerprint density at radius 1 is 1.41 bits per heavy atom. The van der Waals surface area contributed by atoms with Crippen molar-refractivity contribution in [2.75, 3.05) is 0 Å². The number of nitrogens with zero attached hydrogens (tertiary/aromatic N) is 1. The number of benzene rings is 1. The summed E-state index contributed by atoms with van der Waals surface area (Å²) in [5.74, 6) is -0.152. The van der Waals surface area contributed by atoms with Crippen LogP contribution in [0.5, 0.6) is 0 Å². The molecule has 0 radical (unpaired) electrons. The molecule has 0 aliphatic heterocycles. The molecule has 2 rings (SSSR count). The molecule has 0 aliphatic carbocycles. The Balaban J connectivity index is 2.68. The maximum atomic E-state index is 11.5. The average Bonchev–Trinajstić information content (AvgIpc) is 2.81. The first-order chi connectivity index (χ1) is 8.11. The molecule has 4 heteroatoms. The summed E-state index contributed by atoms with van der Waals surface area (Å²) in [5.41, 5.74) is 10.7. The third kappa shape index (κ3) is 2.22. The van der Waals surface area contributed by atoms with E-state index in [0.717, 1.165) is 16.8 Å². The van der Waals surface area contributed by atoms with Gasteiger partial charge in [-0.15, -0.1) is 11.3 Å². The molecule has 0 atom stereocenters. The first-order valence-electron chi connectivity index (χ1n) is 5.42. The quantitative estimate of drug-likeness (QED) is 0.905. The second kappa shape index (κ2) is 4.67. The number of carbonyl (C=O) groups is 1. The van der Waals surface area contributed by atoms with Crippen molar-refractivity contribution >= 4 is 17.2 Å². The third-order valence-corrected chi connectivity index (χ3v) is 3.24. The Bertz CT molecular complexity index is 532. The zero-order valence-corrected chi connectivity index (χ0v) is 10.6. The molecular formula is C13H14N2OS. The lowest BCUT2D eigenvalue weighted by molar-refractivity contribution is 0.0999. The molecule has 1 aromatic heterocycles. The second-order valence-corrected chi connectivity index (χ2v) is 4.88. The SMILES string of the molecule is CC(C)c1c(C(N)=O)cccc1-c1cscn1. The predicted octanol–water partition coefficient (Wildman–Crippen LogP) is 3.03. The topological polar surface area (TPSA) is 56.0 Å². The van der Waals surface area contributed by atoms with Crippen molar-refractivity contribution in [1.29, 1.82) is 0 Å². The third-order valence-electron chi connectivity index (χ3n) is 2.66. The van der Waals surface area contributed by atoms with Crippen LogP contribution in [-0.2, 0) is 0 Å². The molecule has 1 aromatic carbocycles. The summed E-state index contributed by atoms with van der Waals surface area (Å²) in [6.45, 7) is 4.11. The summed E-state index contributed by atoms with van der Waals surface area (Å²) in [4.78, 5) is 15.7. The second-order valence-electron chi connectivity index (χ2n) is 4.16. The van der Waals surface area contributed by atoms with Crippen molar-refractivity contribution in [3.63, 3.8) is 0 Å². The standard InChI is InChI=1S/C13H14N2OS/c1-8(2)12-9(11-6-17-7-15-11)4-3-5-10(12)13(14)16/h3-8H,1-2H3,(H2,14,16). The predicted molar refractivity (Wildman–Crippen MR) is 70.2 cm³/mol. The number of thiazole rings is 1. The highest BCUT2D eigenvalue weighted by atomic mass is 32.1. The highest BCUT2D eigenvalue weighted by Crippen LogP contribution is 2.31. The fourth-order valence-electron chi connectivity index (χ4n) is 1.97. The van der Waals surface area contributed by atoms with Gasteiger partial charge in [0.1, 0.15) is 0 Å². The van der Waals surface area contributed by atoms with Gasteiger partial charge in [0.25, 0.3) is 0 Å². The van der Waals surface area contributed by atoms with Crippen molar-refractivity contribution in [3.05, 3.63) is 40.2 Å². The van der Waals surface area contributed by atoms with E-state index in [2.05, 4.69) is 18.8 Å². The van der Waals surface area contributed by atoms with E-state index in [-0.39, 0.29) is 11.8 Å². The van der Waals surface area contributed by atoms with Gasteiger partial charge in [-0.05, 0) is 17.5 Å². The fraction of sp³-hybridized carbons (Fsp3) is 0.231. The van der Waals surface area contributed by atoms with E-state index in [0.29, 0.717) is 5.56 Å². The highest BCUT2D eigenvalue weighted by Gasteiger charge is 2.17. The van der Waals surface area contributed by atoms with E-state index in [1.54, 1.807) is 22.9 Å². The number of carbonyl (C=O) groups excluding carboxylic acids is 1. The molecule has 3 nitrogen and oxygen atoms in total. The number of hydrogen-bond acceptors (Lipinski definition) is 3. The van der Waals surface area contributed by atoms with Crippen molar-refractivity contribution in [3.8, 4) is 11.3 Å².